The van der Waals surface area contributed by atoms with Gasteiger partial charge in [0.25, 0.3) is 0 Å². The van der Waals surface area contributed by atoms with Crippen LogP contribution in [0.3, 0.4) is 0 Å². The summed E-state index contributed by atoms with van der Waals surface area (Å²) in [5.41, 5.74) is 0.978. The molecule has 1 aliphatic rings. The number of aromatic nitrogens is 1. The molecule has 2 aromatic rings. The molecule has 1 aliphatic carbocycles. The minimum absolute atomic E-state index is 0.00848. The lowest BCUT2D eigenvalue weighted by molar-refractivity contribution is -0.138. The molecule has 0 saturated carbocycles. The minimum Gasteiger partial charge on any atom is -0.481 e. The van der Waals surface area contributed by atoms with Gasteiger partial charge in [0.05, 0.1) is 21.1 Å². The summed E-state index contributed by atoms with van der Waals surface area (Å²) in [6.07, 6.45) is 5.73. The number of nitrogens with zero attached hydrogens (tertiary/aromatic N) is 1. The average molecular weight is 358 g/mol. The maximum atomic E-state index is 12.7. The Bertz CT molecular complexity index is 766. The van der Waals surface area contributed by atoms with Gasteiger partial charge in [0.15, 0.2) is 0 Å². The SMILES string of the molecule is CC(CNC(=O)C1CC=CCC1c1nc2ccccc2s1)CC(=O)O. The van der Waals surface area contributed by atoms with Gasteiger partial charge >= 0.3 is 5.97 Å². The number of allylic oxidation sites excluding steroid dienone is 2. The molecule has 0 aliphatic heterocycles. The third-order valence-corrected chi connectivity index (χ3v) is 5.71. The third kappa shape index (κ3) is 4.25. The van der Waals surface area contributed by atoms with E-state index in [4.69, 9.17) is 10.1 Å². The normalized spacial score (nSPS) is 21.2. The maximum Gasteiger partial charge on any atom is 0.303 e. The Balaban J connectivity index is 1.71. The van der Waals surface area contributed by atoms with E-state index in [1.807, 2.05) is 25.1 Å². The number of hydrogen-bond donors (Lipinski definition) is 2. The molecule has 0 bridgehead atoms. The maximum absolute atomic E-state index is 12.7. The van der Waals surface area contributed by atoms with E-state index in [1.165, 1.54) is 0 Å². The molecule has 0 spiro atoms. The second-order valence-corrected chi connectivity index (χ2v) is 7.69. The summed E-state index contributed by atoms with van der Waals surface area (Å²) in [6, 6.07) is 8.02. The summed E-state index contributed by atoms with van der Waals surface area (Å²) < 4.78 is 1.14. The highest BCUT2D eigenvalue weighted by Crippen LogP contribution is 2.38. The number of thiazole rings is 1. The molecule has 6 heteroatoms. The molecule has 0 fully saturated rings. The van der Waals surface area contributed by atoms with E-state index in [0.29, 0.717) is 13.0 Å². The van der Waals surface area contributed by atoms with Gasteiger partial charge in [-0.05, 0) is 30.9 Å². The van der Waals surface area contributed by atoms with E-state index in [0.717, 1.165) is 21.6 Å². The van der Waals surface area contributed by atoms with Crippen LogP contribution in [0.25, 0.3) is 10.2 Å². The number of nitrogens with one attached hydrogen (secondary N) is 1. The van der Waals surface area contributed by atoms with Crippen LogP contribution in [0.2, 0.25) is 0 Å². The molecule has 1 amide bonds. The van der Waals surface area contributed by atoms with Crippen LogP contribution < -0.4 is 5.32 Å². The molecule has 2 N–H and O–H groups in total. The Morgan fingerprint density at radius 2 is 2.08 bits per heavy atom. The van der Waals surface area contributed by atoms with Crippen LogP contribution in [0.5, 0.6) is 0 Å². The van der Waals surface area contributed by atoms with Crippen LogP contribution in [0.1, 0.15) is 37.1 Å². The van der Waals surface area contributed by atoms with Crippen LogP contribution in [-0.4, -0.2) is 28.5 Å². The average Bonchev–Trinajstić information content (AvgIpc) is 3.03. The number of benzene rings is 1. The number of carboxylic acid groups (broad SMARTS) is 1. The second kappa shape index (κ2) is 7.78. The Labute approximate surface area is 150 Å². The zero-order valence-electron chi connectivity index (χ0n) is 14.1. The molecule has 1 aromatic carbocycles. The first kappa shape index (κ1) is 17.6. The van der Waals surface area contributed by atoms with Crippen molar-refractivity contribution >= 4 is 33.4 Å². The van der Waals surface area contributed by atoms with Gasteiger partial charge in [-0.2, -0.15) is 0 Å². The van der Waals surface area contributed by atoms with E-state index < -0.39 is 5.97 Å². The van der Waals surface area contributed by atoms with Crippen molar-refractivity contribution in [3.8, 4) is 0 Å². The van der Waals surface area contributed by atoms with Gasteiger partial charge in [0, 0.05) is 18.9 Å². The van der Waals surface area contributed by atoms with Gasteiger partial charge < -0.3 is 10.4 Å². The Morgan fingerprint density at radius 1 is 1.32 bits per heavy atom. The Hall–Kier alpha value is -2.21. The van der Waals surface area contributed by atoms with E-state index in [9.17, 15) is 9.59 Å². The first-order chi connectivity index (χ1) is 12.0. The predicted molar refractivity (Wildman–Crippen MR) is 98.7 cm³/mol. The lowest BCUT2D eigenvalue weighted by Crippen LogP contribution is -2.37. The third-order valence-electron chi connectivity index (χ3n) is 4.54. The van der Waals surface area contributed by atoms with E-state index in [1.54, 1.807) is 11.3 Å². The molecule has 1 aromatic heterocycles. The molecule has 0 radical (unpaired) electrons. The molecule has 132 valence electrons. The number of para-hydroxylation sites is 1. The van der Waals surface area contributed by atoms with Crippen molar-refractivity contribution in [3.05, 3.63) is 41.4 Å². The van der Waals surface area contributed by atoms with E-state index in [2.05, 4.69) is 23.5 Å². The Kier molecular flexibility index (Phi) is 5.48. The fourth-order valence-electron chi connectivity index (χ4n) is 3.20. The van der Waals surface area contributed by atoms with Gasteiger partial charge in [0.2, 0.25) is 5.91 Å². The molecule has 25 heavy (non-hydrogen) atoms. The van der Waals surface area contributed by atoms with Crippen LogP contribution in [0.15, 0.2) is 36.4 Å². The lowest BCUT2D eigenvalue weighted by atomic mass is 9.82. The summed E-state index contributed by atoms with van der Waals surface area (Å²) in [4.78, 5) is 28.2. The van der Waals surface area contributed by atoms with Gasteiger partial charge in [-0.15, -0.1) is 11.3 Å². The van der Waals surface area contributed by atoms with Gasteiger partial charge in [-0.1, -0.05) is 31.2 Å². The van der Waals surface area contributed by atoms with Crippen molar-refractivity contribution in [1.82, 2.24) is 10.3 Å². The first-order valence-corrected chi connectivity index (χ1v) is 9.36. The highest BCUT2D eigenvalue weighted by atomic mass is 32.1. The van der Waals surface area contributed by atoms with Crippen molar-refractivity contribution in [1.29, 1.82) is 0 Å². The Morgan fingerprint density at radius 3 is 2.84 bits per heavy atom. The standard InChI is InChI=1S/C19H22N2O3S/c1-12(10-17(22)23)11-20-18(24)13-6-2-3-7-14(13)19-21-15-8-4-5-9-16(15)25-19/h2-5,8-9,12-14H,6-7,10-11H2,1H3,(H,20,24)(H,22,23). The number of carboxylic acids is 1. The van der Waals surface area contributed by atoms with Gasteiger partial charge in [-0.3, -0.25) is 9.59 Å². The monoisotopic (exact) mass is 358 g/mol. The summed E-state index contributed by atoms with van der Waals surface area (Å²) in [5.74, 6) is -0.998. The predicted octanol–water partition coefficient (Wildman–Crippen LogP) is 3.57. The number of carbonyl (C=O) groups excluding carboxylic acids is 1. The summed E-state index contributed by atoms with van der Waals surface area (Å²) in [6.45, 7) is 2.22. The molecular formula is C19H22N2O3S. The number of fused-ring (bicyclic) bond motifs is 1. The lowest BCUT2D eigenvalue weighted by Gasteiger charge is -2.26. The molecular weight excluding hydrogens is 336 g/mol. The van der Waals surface area contributed by atoms with Gasteiger partial charge in [0.1, 0.15) is 0 Å². The van der Waals surface area contributed by atoms with Crippen molar-refractivity contribution in [3.63, 3.8) is 0 Å². The second-order valence-electron chi connectivity index (χ2n) is 6.62. The summed E-state index contributed by atoms with van der Waals surface area (Å²) in [5, 5.41) is 12.8. The number of rotatable bonds is 6. The fraction of sp³-hybridized carbons (Fsp3) is 0.421. The first-order valence-electron chi connectivity index (χ1n) is 8.54. The number of amides is 1. The zero-order valence-corrected chi connectivity index (χ0v) is 15.0. The molecule has 3 unspecified atom stereocenters. The smallest absolute Gasteiger partial charge is 0.303 e. The summed E-state index contributed by atoms with van der Waals surface area (Å²) >= 11 is 1.66. The van der Waals surface area contributed by atoms with Crippen molar-refractivity contribution in [2.75, 3.05) is 6.54 Å². The van der Waals surface area contributed by atoms with E-state index in [-0.39, 0.29) is 30.1 Å². The highest BCUT2D eigenvalue weighted by molar-refractivity contribution is 7.18. The van der Waals surface area contributed by atoms with Crippen LogP contribution >= 0.6 is 11.3 Å². The van der Waals surface area contributed by atoms with Crippen LogP contribution in [0, 0.1) is 11.8 Å². The number of carbonyl (C=O) groups is 2. The van der Waals surface area contributed by atoms with Crippen molar-refractivity contribution in [2.24, 2.45) is 11.8 Å². The molecule has 5 nitrogen and oxygen atoms in total. The molecule has 3 atom stereocenters. The molecule has 3 rings (SSSR count). The minimum atomic E-state index is -0.838. The fourth-order valence-corrected chi connectivity index (χ4v) is 4.35. The largest absolute Gasteiger partial charge is 0.481 e. The number of hydrogen-bond acceptors (Lipinski definition) is 4. The zero-order chi connectivity index (χ0) is 17.8. The summed E-state index contributed by atoms with van der Waals surface area (Å²) in [7, 11) is 0. The number of aliphatic carboxylic acids is 1. The van der Waals surface area contributed by atoms with Crippen LogP contribution in [0.4, 0.5) is 0 Å². The van der Waals surface area contributed by atoms with Crippen LogP contribution in [-0.2, 0) is 9.59 Å². The van der Waals surface area contributed by atoms with Crippen molar-refractivity contribution in [2.45, 2.75) is 32.1 Å². The topological polar surface area (TPSA) is 79.3 Å². The molecule has 1 heterocycles. The quantitative estimate of drug-likeness (QED) is 0.774. The highest BCUT2D eigenvalue weighted by Gasteiger charge is 2.32. The van der Waals surface area contributed by atoms with E-state index >= 15 is 0 Å². The van der Waals surface area contributed by atoms with Gasteiger partial charge in [-0.25, -0.2) is 4.98 Å². The van der Waals surface area contributed by atoms with Crippen molar-refractivity contribution < 1.29 is 14.7 Å². The molecule has 0 saturated heterocycles.